The topological polar surface area (TPSA) is 123 Å². The van der Waals surface area contributed by atoms with Crippen LogP contribution in [0, 0.1) is 38.6 Å². The van der Waals surface area contributed by atoms with Gasteiger partial charge in [-0.2, -0.15) is 10.5 Å². The molecule has 0 radical (unpaired) electrons. The minimum absolute atomic E-state index is 0.0992. The SMILES string of the molecule is CNc1cc(C(=O)N(CC#N)CC#N)c([N+](=O)[O-])cc1F. The Kier molecular flexibility index (Phi) is 5.15. The van der Waals surface area contributed by atoms with E-state index in [1.165, 1.54) is 7.05 Å². The first kappa shape index (κ1) is 15.9. The number of hydrogen-bond donors (Lipinski definition) is 1. The molecule has 0 bridgehead atoms. The van der Waals surface area contributed by atoms with Gasteiger partial charge in [0.05, 0.1) is 28.8 Å². The average Bonchev–Trinajstić information content (AvgIpc) is 2.45. The first-order valence-corrected chi connectivity index (χ1v) is 5.65. The smallest absolute Gasteiger partial charge is 0.285 e. The van der Waals surface area contributed by atoms with Crippen molar-refractivity contribution in [3.05, 3.63) is 33.6 Å². The first-order chi connectivity index (χ1) is 9.96. The molecule has 0 saturated carbocycles. The Balaban J connectivity index is 3.39. The Bertz CT molecular complexity index is 646. The third-order valence-corrected chi connectivity index (χ3v) is 2.59. The van der Waals surface area contributed by atoms with Crippen molar-refractivity contribution in [2.24, 2.45) is 0 Å². The summed E-state index contributed by atoms with van der Waals surface area (Å²) in [6.45, 7) is -0.814. The van der Waals surface area contributed by atoms with Crippen LogP contribution >= 0.6 is 0 Å². The van der Waals surface area contributed by atoms with Crippen molar-refractivity contribution in [1.29, 1.82) is 10.5 Å². The normalized spacial score (nSPS) is 9.33. The van der Waals surface area contributed by atoms with Crippen molar-refractivity contribution in [3.63, 3.8) is 0 Å². The number of nitro groups is 1. The van der Waals surface area contributed by atoms with Crippen LogP contribution in [0.3, 0.4) is 0 Å². The zero-order chi connectivity index (χ0) is 16.0. The highest BCUT2D eigenvalue weighted by Gasteiger charge is 2.27. The largest absolute Gasteiger partial charge is 0.386 e. The van der Waals surface area contributed by atoms with Crippen LogP contribution in [0.4, 0.5) is 15.8 Å². The first-order valence-electron chi connectivity index (χ1n) is 5.65. The molecule has 1 aromatic rings. The van der Waals surface area contributed by atoms with Crippen LogP contribution in [0.15, 0.2) is 12.1 Å². The fraction of sp³-hybridized carbons (Fsp3) is 0.250. The van der Waals surface area contributed by atoms with Gasteiger partial charge < -0.3 is 10.2 Å². The van der Waals surface area contributed by atoms with Crippen LogP contribution in [0.5, 0.6) is 0 Å². The van der Waals surface area contributed by atoms with Gasteiger partial charge in [-0.15, -0.1) is 0 Å². The Hall–Kier alpha value is -3.20. The summed E-state index contributed by atoms with van der Waals surface area (Å²) < 4.78 is 13.6. The van der Waals surface area contributed by atoms with Crippen molar-refractivity contribution in [2.45, 2.75) is 0 Å². The molecule has 1 aromatic carbocycles. The molecule has 0 aromatic heterocycles. The highest BCUT2D eigenvalue weighted by molar-refractivity contribution is 5.99. The minimum Gasteiger partial charge on any atom is -0.386 e. The molecule has 0 saturated heterocycles. The van der Waals surface area contributed by atoms with Crippen LogP contribution in [0.2, 0.25) is 0 Å². The van der Waals surface area contributed by atoms with Gasteiger partial charge in [0.2, 0.25) is 0 Å². The fourth-order valence-corrected chi connectivity index (χ4v) is 1.62. The summed E-state index contributed by atoms with van der Waals surface area (Å²) in [6, 6.07) is 4.98. The predicted molar refractivity (Wildman–Crippen MR) is 69.7 cm³/mol. The molecule has 0 spiro atoms. The quantitative estimate of drug-likeness (QED) is 0.495. The molecule has 9 heteroatoms. The van der Waals surface area contributed by atoms with Gasteiger partial charge in [0, 0.05) is 7.05 Å². The van der Waals surface area contributed by atoms with Crippen LogP contribution in [0.1, 0.15) is 10.4 Å². The molecule has 0 unspecified atom stereocenters. The molecule has 0 heterocycles. The van der Waals surface area contributed by atoms with E-state index in [1.54, 1.807) is 12.1 Å². The molecular weight excluding hydrogens is 281 g/mol. The van der Waals surface area contributed by atoms with Crippen LogP contribution < -0.4 is 5.32 Å². The fourth-order valence-electron chi connectivity index (χ4n) is 1.62. The van der Waals surface area contributed by atoms with Gasteiger partial charge in [-0.3, -0.25) is 14.9 Å². The molecule has 0 aliphatic rings. The molecule has 0 atom stereocenters. The van der Waals surface area contributed by atoms with Crippen molar-refractivity contribution in [2.75, 3.05) is 25.5 Å². The van der Waals surface area contributed by atoms with Gasteiger partial charge in [-0.25, -0.2) is 4.39 Å². The zero-order valence-corrected chi connectivity index (χ0v) is 11.0. The maximum absolute atomic E-state index is 13.6. The summed E-state index contributed by atoms with van der Waals surface area (Å²) in [4.78, 5) is 23.1. The van der Waals surface area contributed by atoms with Gasteiger partial charge in [0.15, 0.2) is 5.82 Å². The van der Waals surface area contributed by atoms with E-state index >= 15 is 0 Å². The maximum atomic E-state index is 13.6. The van der Waals surface area contributed by atoms with Gasteiger partial charge in [-0.1, -0.05) is 0 Å². The summed E-state index contributed by atoms with van der Waals surface area (Å²) in [6.07, 6.45) is 0. The summed E-state index contributed by atoms with van der Waals surface area (Å²) in [5, 5.41) is 30.6. The van der Waals surface area contributed by atoms with E-state index in [4.69, 9.17) is 10.5 Å². The van der Waals surface area contributed by atoms with Gasteiger partial charge in [0.25, 0.3) is 11.6 Å². The molecule has 1 rings (SSSR count). The van der Waals surface area contributed by atoms with Crippen molar-refractivity contribution >= 4 is 17.3 Å². The zero-order valence-electron chi connectivity index (χ0n) is 11.0. The third-order valence-electron chi connectivity index (χ3n) is 2.59. The maximum Gasteiger partial charge on any atom is 0.285 e. The van der Waals surface area contributed by atoms with Crippen molar-refractivity contribution in [1.82, 2.24) is 4.90 Å². The Labute approximate surface area is 119 Å². The second-order valence-electron chi connectivity index (χ2n) is 3.83. The molecule has 21 heavy (non-hydrogen) atoms. The molecule has 1 N–H and O–H groups in total. The lowest BCUT2D eigenvalue weighted by Crippen LogP contribution is -2.32. The lowest BCUT2D eigenvalue weighted by atomic mass is 10.1. The molecule has 8 nitrogen and oxygen atoms in total. The number of carbonyl (C=O) groups excluding carboxylic acids is 1. The second kappa shape index (κ2) is 6.82. The Morgan fingerprint density at radius 1 is 1.43 bits per heavy atom. The molecular formula is C12H10FN5O3. The number of rotatable bonds is 5. The number of benzene rings is 1. The summed E-state index contributed by atoms with van der Waals surface area (Å²) in [5.74, 6) is -1.77. The lowest BCUT2D eigenvalue weighted by molar-refractivity contribution is -0.385. The Morgan fingerprint density at radius 3 is 2.43 bits per heavy atom. The number of halogens is 1. The number of amides is 1. The molecule has 0 fully saturated rings. The third kappa shape index (κ3) is 3.42. The standard InChI is InChI=1S/C12H10FN5O3/c1-16-10-6-8(11(18(20)21)7-9(10)13)12(19)17(4-2-14)5-3-15/h6-7,16H,4-5H2,1H3. The van der Waals surface area contributed by atoms with Gasteiger partial charge >= 0.3 is 0 Å². The van der Waals surface area contributed by atoms with Crippen LogP contribution in [0.25, 0.3) is 0 Å². The number of nitro benzene ring substituents is 1. The van der Waals surface area contributed by atoms with Gasteiger partial charge in [-0.05, 0) is 6.07 Å². The van der Waals surface area contributed by atoms with E-state index in [-0.39, 0.29) is 5.69 Å². The summed E-state index contributed by atoms with van der Waals surface area (Å²) in [7, 11) is 1.39. The molecule has 0 aliphatic carbocycles. The van der Waals surface area contributed by atoms with Crippen molar-refractivity contribution in [3.8, 4) is 12.1 Å². The number of anilines is 1. The number of nitrogens with one attached hydrogen (secondary N) is 1. The monoisotopic (exact) mass is 291 g/mol. The number of nitriles is 2. The minimum atomic E-state index is -0.896. The van der Waals surface area contributed by atoms with E-state index in [0.717, 1.165) is 11.0 Å². The number of hydrogen-bond acceptors (Lipinski definition) is 6. The van der Waals surface area contributed by atoms with Gasteiger partial charge in [0.1, 0.15) is 18.7 Å². The molecule has 0 aliphatic heterocycles. The molecule has 108 valence electrons. The Morgan fingerprint density at radius 2 is 2.00 bits per heavy atom. The number of carbonyl (C=O) groups is 1. The van der Waals surface area contributed by atoms with E-state index < -0.39 is 41.0 Å². The lowest BCUT2D eigenvalue weighted by Gasteiger charge is -2.16. The van der Waals surface area contributed by atoms with Crippen LogP contribution in [-0.2, 0) is 0 Å². The predicted octanol–water partition coefficient (Wildman–Crippen LogP) is 1.26. The number of nitrogens with zero attached hydrogens (tertiary/aromatic N) is 4. The van der Waals surface area contributed by atoms with E-state index in [2.05, 4.69) is 5.32 Å². The highest BCUT2D eigenvalue weighted by Crippen LogP contribution is 2.27. The van der Waals surface area contributed by atoms with E-state index in [9.17, 15) is 19.3 Å². The van der Waals surface area contributed by atoms with E-state index in [1.807, 2.05) is 0 Å². The van der Waals surface area contributed by atoms with E-state index in [0.29, 0.717) is 6.07 Å². The highest BCUT2D eigenvalue weighted by atomic mass is 19.1. The van der Waals surface area contributed by atoms with Crippen molar-refractivity contribution < 1.29 is 14.1 Å². The summed E-state index contributed by atoms with van der Waals surface area (Å²) >= 11 is 0. The second-order valence-corrected chi connectivity index (χ2v) is 3.83. The average molecular weight is 291 g/mol. The summed E-state index contributed by atoms with van der Waals surface area (Å²) in [5.41, 5.74) is -1.22. The molecule has 1 amide bonds. The van der Waals surface area contributed by atoms with Crippen LogP contribution in [-0.4, -0.2) is 35.9 Å².